The van der Waals surface area contributed by atoms with E-state index in [2.05, 4.69) is 0 Å². The van der Waals surface area contributed by atoms with Gasteiger partial charge in [0.2, 0.25) is 0 Å². The van der Waals surface area contributed by atoms with Gasteiger partial charge in [-0.15, -0.1) is 0 Å². The van der Waals surface area contributed by atoms with Crippen molar-refractivity contribution >= 4 is 5.97 Å². The Morgan fingerprint density at radius 2 is 1.35 bits per heavy atom. The third kappa shape index (κ3) is 4.73. The number of ether oxygens (including phenoxy) is 1. The monoisotopic (exact) mass is 346 g/mol. The predicted molar refractivity (Wildman–Crippen MR) is 102 cm³/mol. The van der Waals surface area contributed by atoms with Crippen molar-refractivity contribution in [1.29, 1.82) is 0 Å². The van der Waals surface area contributed by atoms with Gasteiger partial charge in [-0.1, -0.05) is 78.9 Å². The molecule has 3 heteroatoms. The van der Waals surface area contributed by atoms with Gasteiger partial charge in [0, 0.05) is 6.42 Å². The zero-order valence-corrected chi connectivity index (χ0v) is 14.5. The maximum atomic E-state index is 12.4. The molecule has 132 valence electrons. The molecule has 0 aliphatic carbocycles. The first-order valence-electron chi connectivity index (χ1n) is 8.80. The number of hydrogen-bond donors (Lipinski definition) is 1. The summed E-state index contributed by atoms with van der Waals surface area (Å²) in [7, 11) is 0. The number of phenols is 1. The number of carbonyl (C=O) groups excluding carboxylic acids is 1. The van der Waals surface area contributed by atoms with Crippen LogP contribution >= 0.6 is 0 Å². The zero-order chi connectivity index (χ0) is 18.2. The number of hydrogen-bond acceptors (Lipinski definition) is 3. The third-order valence-electron chi connectivity index (χ3n) is 4.27. The minimum atomic E-state index is -0.407. The van der Waals surface area contributed by atoms with E-state index in [4.69, 9.17) is 4.74 Å². The second kappa shape index (κ2) is 8.86. The molecular weight excluding hydrogens is 324 g/mol. The summed E-state index contributed by atoms with van der Waals surface area (Å²) < 4.78 is 5.79. The molecule has 0 radical (unpaired) electrons. The minimum Gasteiger partial charge on any atom is -0.508 e. The van der Waals surface area contributed by atoms with Crippen LogP contribution in [0.3, 0.4) is 0 Å². The van der Waals surface area contributed by atoms with Gasteiger partial charge in [0.05, 0.1) is 0 Å². The minimum absolute atomic E-state index is 0.238. The summed E-state index contributed by atoms with van der Waals surface area (Å²) in [6, 6.07) is 26.7. The highest BCUT2D eigenvalue weighted by Gasteiger charge is 2.18. The summed E-state index contributed by atoms with van der Waals surface area (Å²) in [4.78, 5) is 12.4. The van der Waals surface area contributed by atoms with Crippen LogP contribution in [-0.2, 0) is 16.0 Å². The van der Waals surface area contributed by atoms with Crippen LogP contribution in [-0.4, -0.2) is 11.1 Å². The van der Waals surface area contributed by atoms with Gasteiger partial charge in [-0.2, -0.15) is 0 Å². The standard InChI is InChI=1S/C23H22O3/c24-21-16-8-7-10-18(21)15-9-17-22(25)26-23(19-11-3-1-4-12-19)20-13-5-2-6-14-20/h1-8,10-14,16,23-24H,9,15,17H2. The van der Waals surface area contributed by atoms with E-state index in [1.165, 1.54) is 0 Å². The van der Waals surface area contributed by atoms with Crippen LogP contribution in [0.15, 0.2) is 84.9 Å². The van der Waals surface area contributed by atoms with Crippen LogP contribution in [0.25, 0.3) is 0 Å². The van der Waals surface area contributed by atoms with Gasteiger partial charge in [0.1, 0.15) is 5.75 Å². The van der Waals surface area contributed by atoms with E-state index in [0.29, 0.717) is 19.3 Å². The molecule has 0 aromatic heterocycles. The smallest absolute Gasteiger partial charge is 0.306 e. The number of rotatable bonds is 7. The van der Waals surface area contributed by atoms with Gasteiger partial charge in [-0.05, 0) is 35.6 Å². The number of carbonyl (C=O) groups is 1. The fourth-order valence-corrected chi connectivity index (χ4v) is 2.92. The van der Waals surface area contributed by atoms with E-state index >= 15 is 0 Å². The number of aryl methyl sites for hydroxylation is 1. The van der Waals surface area contributed by atoms with E-state index in [-0.39, 0.29) is 11.7 Å². The van der Waals surface area contributed by atoms with Crippen LogP contribution in [0.2, 0.25) is 0 Å². The Bertz CT molecular complexity index is 789. The summed E-state index contributed by atoms with van der Waals surface area (Å²) >= 11 is 0. The Morgan fingerprint density at radius 1 is 0.808 bits per heavy atom. The van der Waals surface area contributed by atoms with E-state index in [1.807, 2.05) is 72.8 Å². The Morgan fingerprint density at radius 3 is 1.92 bits per heavy atom. The highest BCUT2D eigenvalue weighted by Crippen LogP contribution is 2.26. The second-order valence-corrected chi connectivity index (χ2v) is 6.17. The summed E-state index contributed by atoms with van der Waals surface area (Å²) in [5.41, 5.74) is 2.75. The van der Waals surface area contributed by atoms with Gasteiger partial charge in [-0.3, -0.25) is 4.79 Å². The molecule has 0 atom stereocenters. The maximum Gasteiger partial charge on any atom is 0.306 e. The third-order valence-corrected chi connectivity index (χ3v) is 4.27. The van der Waals surface area contributed by atoms with Crippen LogP contribution in [0.4, 0.5) is 0 Å². The predicted octanol–water partition coefficient (Wildman–Crippen LogP) is 5.05. The molecule has 1 N–H and O–H groups in total. The maximum absolute atomic E-state index is 12.4. The molecule has 0 heterocycles. The first-order chi connectivity index (χ1) is 12.7. The lowest BCUT2D eigenvalue weighted by Crippen LogP contribution is -2.13. The highest BCUT2D eigenvalue weighted by molar-refractivity contribution is 5.70. The average molecular weight is 346 g/mol. The normalized spacial score (nSPS) is 10.7. The molecular formula is C23H22O3. The van der Waals surface area contributed by atoms with Crippen LogP contribution in [0.5, 0.6) is 5.75 Å². The summed E-state index contributed by atoms with van der Waals surface area (Å²) in [5.74, 6) is 0.0328. The van der Waals surface area contributed by atoms with E-state index in [0.717, 1.165) is 16.7 Å². The van der Waals surface area contributed by atoms with Crippen molar-refractivity contribution in [3.8, 4) is 5.75 Å². The highest BCUT2D eigenvalue weighted by atomic mass is 16.5. The molecule has 0 amide bonds. The van der Waals surface area contributed by atoms with Crippen molar-refractivity contribution in [2.45, 2.75) is 25.4 Å². The lowest BCUT2D eigenvalue weighted by atomic mass is 10.0. The SMILES string of the molecule is O=C(CCCc1ccccc1O)OC(c1ccccc1)c1ccccc1. The number of phenolic OH excluding ortho intramolecular Hbond substituents is 1. The number of para-hydroxylation sites is 1. The van der Waals surface area contributed by atoms with Gasteiger partial charge in [0.15, 0.2) is 6.10 Å². The number of aromatic hydroxyl groups is 1. The molecule has 3 aromatic rings. The molecule has 0 bridgehead atoms. The second-order valence-electron chi connectivity index (χ2n) is 6.17. The summed E-state index contributed by atoms with van der Waals surface area (Å²) in [6.45, 7) is 0. The topological polar surface area (TPSA) is 46.5 Å². The fraction of sp³-hybridized carbons (Fsp3) is 0.174. The average Bonchev–Trinajstić information content (AvgIpc) is 2.69. The quantitative estimate of drug-likeness (QED) is 0.609. The Hall–Kier alpha value is -3.07. The molecule has 3 nitrogen and oxygen atoms in total. The number of benzene rings is 3. The zero-order valence-electron chi connectivity index (χ0n) is 14.5. The lowest BCUT2D eigenvalue weighted by Gasteiger charge is -2.19. The first kappa shape index (κ1) is 17.7. The first-order valence-corrected chi connectivity index (χ1v) is 8.80. The van der Waals surface area contributed by atoms with Crippen molar-refractivity contribution in [1.82, 2.24) is 0 Å². The van der Waals surface area contributed by atoms with Crippen molar-refractivity contribution in [3.63, 3.8) is 0 Å². The van der Waals surface area contributed by atoms with Crippen molar-refractivity contribution in [3.05, 3.63) is 102 Å². The number of esters is 1. The molecule has 0 saturated heterocycles. The molecule has 0 fully saturated rings. The molecule has 3 aromatic carbocycles. The van der Waals surface area contributed by atoms with Crippen LogP contribution in [0.1, 0.15) is 35.6 Å². The van der Waals surface area contributed by atoms with Gasteiger partial charge >= 0.3 is 5.97 Å². The molecule has 0 saturated carbocycles. The molecule has 0 unspecified atom stereocenters. The summed E-state index contributed by atoms with van der Waals surface area (Å²) in [5, 5.41) is 9.80. The molecule has 0 aliphatic heterocycles. The van der Waals surface area contributed by atoms with Gasteiger partial charge in [-0.25, -0.2) is 0 Å². The van der Waals surface area contributed by atoms with Gasteiger partial charge < -0.3 is 9.84 Å². The molecule has 0 aliphatic rings. The summed E-state index contributed by atoms with van der Waals surface area (Å²) in [6.07, 6.45) is 1.18. The van der Waals surface area contributed by atoms with Gasteiger partial charge in [0.25, 0.3) is 0 Å². The fourth-order valence-electron chi connectivity index (χ4n) is 2.92. The van der Waals surface area contributed by atoms with Crippen molar-refractivity contribution < 1.29 is 14.6 Å². The van der Waals surface area contributed by atoms with E-state index < -0.39 is 6.10 Å². The van der Waals surface area contributed by atoms with Crippen molar-refractivity contribution in [2.24, 2.45) is 0 Å². The lowest BCUT2D eigenvalue weighted by molar-refractivity contribution is -0.147. The Balaban J connectivity index is 1.63. The van der Waals surface area contributed by atoms with Crippen LogP contribution < -0.4 is 0 Å². The van der Waals surface area contributed by atoms with Crippen molar-refractivity contribution in [2.75, 3.05) is 0 Å². The largest absolute Gasteiger partial charge is 0.508 e. The molecule has 0 spiro atoms. The van der Waals surface area contributed by atoms with E-state index in [9.17, 15) is 9.90 Å². The molecule has 3 rings (SSSR count). The van der Waals surface area contributed by atoms with E-state index in [1.54, 1.807) is 12.1 Å². The van der Waals surface area contributed by atoms with Crippen LogP contribution in [0, 0.1) is 0 Å². The Labute approximate surface area is 153 Å². The molecule has 26 heavy (non-hydrogen) atoms. The Kier molecular flexibility index (Phi) is 6.05.